The summed E-state index contributed by atoms with van der Waals surface area (Å²) in [6.45, 7) is 0. The van der Waals surface area contributed by atoms with Crippen LogP contribution in [0.5, 0.6) is 0 Å². The normalized spacial score (nSPS) is 26.2. The summed E-state index contributed by atoms with van der Waals surface area (Å²) in [6, 6.07) is 11.4. The van der Waals surface area contributed by atoms with Crippen LogP contribution in [-0.2, 0) is 6.42 Å². The second-order valence-electron chi connectivity index (χ2n) is 5.41. The summed E-state index contributed by atoms with van der Waals surface area (Å²) in [4.78, 5) is 0. The van der Waals surface area contributed by atoms with Crippen LogP contribution in [0, 0.1) is 0 Å². The van der Waals surface area contributed by atoms with Crippen molar-refractivity contribution in [2.24, 2.45) is 0 Å². The van der Waals surface area contributed by atoms with E-state index < -0.39 is 0 Å². The summed E-state index contributed by atoms with van der Waals surface area (Å²) < 4.78 is 0. The van der Waals surface area contributed by atoms with E-state index in [4.69, 9.17) is 12.6 Å². The van der Waals surface area contributed by atoms with Crippen molar-refractivity contribution in [3.8, 4) is 0 Å². The maximum absolute atomic E-state index is 4.76. The number of thiol groups is 1. The molecule has 2 aromatic carbocycles. The molecule has 0 spiro atoms. The van der Waals surface area contributed by atoms with Gasteiger partial charge in [0.05, 0.1) is 0 Å². The first-order valence-corrected chi connectivity index (χ1v) is 7.08. The van der Waals surface area contributed by atoms with Crippen LogP contribution in [0.1, 0.15) is 47.1 Å². The van der Waals surface area contributed by atoms with E-state index in [-0.39, 0.29) is 0 Å². The van der Waals surface area contributed by atoms with E-state index in [1.807, 2.05) is 0 Å². The van der Waals surface area contributed by atoms with Crippen molar-refractivity contribution >= 4 is 23.4 Å². The lowest BCUT2D eigenvalue weighted by Gasteiger charge is -2.34. The van der Waals surface area contributed by atoms with Crippen LogP contribution in [0.2, 0.25) is 0 Å². The van der Waals surface area contributed by atoms with Crippen molar-refractivity contribution < 1.29 is 0 Å². The molecule has 17 heavy (non-hydrogen) atoms. The fourth-order valence-corrected chi connectivity index (χ4v) is 4.09. The van der Waals surface area contributed by atoms with E-state index in [1.165, 1.54) is 36.6 Å². The van der Waals surface area contributed by atoms with Gasteiger partial charge in [0, 0.05) is 5.25 Å². The van der Waals surface area contributed by atoms with Gasteiger partial charge in [0.1, 0.15) is 0 Å². The molecule has 4 rings (SSSR count). The summed E-state index contributed by atoms with van der Waals surface area (Å²) >= 11 is 4.76. The zero-order valence-corrected chi connectivity index (χ0v) is 10.7. The smallest absolute Gasteiger partial charge is 0.0270 e. The highest BCUT2D eigenvalue weighted by molar-refractivity contribution is 7.80. The fraction of sp³-hybridized carbons (Fsp3) is 0.375. The predicted octanol–water partition coefficient (Wildman–Crippen LogP) is 4.63. The van der Waals surface area contributed by atoms with Gasteiger partial charge in [-0.15, -0.1) is 0 Å². The lowest BCUT2D eigenvalue weighted by atomic mass is 9.73. The van der Waals surface area contributed by atoms with Crippen LogP contribution in [0.15, 0.2) is 30.3 Å². The monoisotopic (exact) mass is 240 g/mol. The molecule has 1 heteroatoms. The molecule has 2 aliphatic carbocycles. The van der Waals surface area contributed by atoms with Crippen molar-refractivity contribution in [3.05, 3.63) is 47.0 Å². The highest BCUT2D eigenvalue weighted by Gasteiger charge is 2.30. The SMILES string of the molecule is SC1CCC2CCc3cccc4ccc1c2c34. The van der Waals surface area contributed by atoms with E-state index in [2.05, 4.69) is 30.3 Å². The van der Waals surface area contributed by atoms with Crippen molar-refractivity contribution in [1.82, 2.24) is 0 Å². The van der Waals surface area contributed by atoms with Gasteiger partial charge < -0.3 is 0 Å². The molecular formula is C16H16S. The van der Waals surface area contributed by atoms with Crippen LogP contribution in [0.25, 0.3) is 10.8 Å². The van der Waals surface area contributed by atoms with Gasteiger partial charge in [-0.2, -0.15) is 12.6 Å². The van der Waals surface area contributed by atoms with Gasteiger partial charge in [-0.3, -0.25) is 0 Å². The summed E-state index contributed by atoms with van der Waals surface area (Å²) in [5, 5.41) is 3.44. The average molecular weight is 240 g/mol. The number of hydrogen-bond donors (Lipinski definition) is 1. The number of rotatable bonds is 0. The van der Waals surface area contributed by atoms with Crippen molar-refractivity contribution in [2.75, 3.05) is 0 Å². The molecule has 86 valence electrons. The van der Waals surface area contributed by atoms with E-state index in [0.717, 1.165) is 5.92 Å². The highest BCUT2D eigenvalue weighted by Crippen LogP contribution is 2.48. The molecule has 0 saturated carbocycles. The maximum Gasteiger partial charge on any atom is 0.0270 e. The van der Waals surface area contributed by atoms with Crippen LogP contribution in [0.3, 0.4) is 0 Å². The Hall–Kier alpha value is -0.950. The Morgan fingerprint density at radius 2 is 1.94 bits per heavy atom. The zero-order chi connectivity index (χ0) is 11.4. The van der Waals surface area contributed by atoms with E-state index in [9.17, 15) is 0 Å². The first-order chi connectivity index (χ1) is 8.34. The Kier molecular flexibility index (Phi) is 2.07. The molecule has 0 aromatic heterocycles. The molecule has 2 unspecified atom stereocenters. The van der Waals surface area contributed by atoms with Crippen molar-refractivity contribution in [3.63, 3.8) is 0 Å². The number of hydrogen-bond acceptors (Lipinski definition) is 1. The number of benzene rings is 2. The molecule has 2 aliphatic rings. The third-order valence-corrected chi connectivity index (χ3v) is 5.06. The minimum absolute atomic E-state index is 0.455. The van der Waals surface area contributed by atoms with Crippen molar-refractivity contribution in [1.29, 1.82) is 0 Å². The first kappa shape index (κ1) is 10.0. The molecule has 0 amide bonds. The van der Waals surface area contributed by atoms with Crippen LogP contribution in [0.4, 0.5) is 0 Å². The Morgan fingerprint density at radius 3 is 2.88 bits per heavy atom. The third-order valence-electron chi connectivity index (χ3n) is 4.52. The molecule has 0 N–H and O–H groups in total. The molecule has 0 aliphatic heterocycles. The minimum atomic E-state index is 0.455. The molecule has 0 nitrogen and oxygen atoms in total. The first-order valence-electron chi connectivity index (χ1n) is 6.57. The van der Waals surface area contributed by atoms with E-state index >= 15 is 0 Å². The molecule has 2 aromatic rings. The van der Waals surface area contributed by atoms with Crippen LogP contribution < -0.4 is 0 Å². The molecular weight excluding hydrogens is 224 g/mol. The summed E-state index contributed by atoms with van der Waals surface area (Å²) in [5.74, 6) is 0.798. The Balaban J connectivity index is 2.15. The molecule has 0 bridgehead atoms. The quantitative estimate of drug-likeness (QED) is 0.637. The van der Waals surface area contributed by atoms with Gasteiger partial charge >= 0.3 is 0 Å². The van der Waals surface area contributed by atoms with Gasteiger partial charge in [-0.05, 0) is 59.1 Å². The maximum atomic E-state index is 4.76. The van der Waals surface area contributed by atoms with Crippen molar-refractivity contribution in [2.45, 2.75) is 36.9 Å². The van der Waals surface area contributed by atoms with Gasteiger partial charge in [-0.1, -0.05) is 30.3 Å². The highest BCUT2D eigenvalue weighted by atomic mass is 32.1. The Labute approximate surface area is 107 Å². The lowest BCUT2D eigenvalue weighted by Crippen LogP contribution is -2.17. The van der Waals surface area contributed by atoms with Gasteiger partial charge in [0.15, 0.2) is 0 Å². The largest absolute Gasteiger partial charge is 0.171 e. The molecule has 0 heterocycles. The fourth-order valence-electron chi connectivity index (χ4n) is 3.72. The second-order valence-corrected chi connectivity index (χ2v) is 6.04. The van der Waals surface area contributed by atoms with Crippen LogP contribution in [-0.4, -0.2) is 0 Å². The Bertz CT molecular complexity index is 600. The molecule has 0 fully saturated rings. The number of aryl methyl sites for hydroxylation is 1. The van der Waals surface area contributed by atoms with Gasteiger partial charge in [-0.25, -0.2) is 0 Å². The van der Waals surface area contributed by atoms with Gasteiger partial charge in [0.25, 0.3) is 0 Å². The molecule has 0 saturated heterocycles. The predicted molar refractivity (Wildman–Crippen MR) is 76.0 cm³/mol. The minimum Gasteiger partial charge on any atom is -0.171 e. The third kappa shape index (κ3) is 1.32. The van der Waals surface area contributed by atoms with E-state index in [1.54, 1.807) is 16.5 Å². The molecule has 0 radical (unpaired) electrons. The summed E-state index contributed by atoms with van der Waals surface area (Å²) in [6.07, 6.45) is 5.17. The van der Waals surface area contributed by atoms with E-state index in [0.29, 0.717) is 5.25 Å². The summed E-state index contributed by atoms with van der Waals surface area (Å²) in [5.41, 5.74) is 4.69. The second kappa shape index (κ2) is 3.52. The zero-order valence-electron chi connectivity index (χ0n) is 9.82. The summed E-state index contributed by atoms with van der Waals surface area (Å²) in [7, 11) is 0. The average Bonchev–Trinajstić information content (AvgIpc) is 2.38. The lowest BCUT2D eigenvalue weighted by molar-refractivity contribution is 0.512. The standard InChI is InChI=1S/C16H16S/c17-14-9-7-12-5-4-10-2-1-3-11-6-8-13(14)16(12)15(10)11/h1-3,6,8,12,14,17H,4-5,7,9H2. The van der Waals surface area contributed by atoms with Crippen LogP contribution >= 0.6 is 12.6 Å². The Morgan fingerprint density at radius 1 is 1.00 bits per heavy atom. The van der Waals surface area contributed by atoms with Gasteiger partial charge in [0.2, 0.25) is 0 Å². The molecule has 2 atom stereocenters. The topological polar surface area (TPSA) is 0 Å².